The smallest absolute Gasteiger partial charge is 0.129 e. The molecule has 0 aliphatic carbocycles. The molecule has 0 radical (unpaired) electrons. The fourth-order valence-corrected chi connectivity index (χ4v) is 2.34. The fraction of sp³-hybridized carbons (Fsp3) is 0.444. The molecule has 0 bridgehead atoms. The molecule has 1 N–H and O–H groups in total. The molecule has 0 saturated carbocycles. The summed E-state index contributed by atoms with van der Waals surface area (Å²) in [6.07, 6.45) is 1.06. The van der Waals surface area contributed by atoms with Crippen molar-refractivity contribution in [1.82, 2.24) is 4.90 Å². The van der Waals surface area contributed by atoms with Crippen LogP contribution >= 0.6 is 0 Å². The summed E-state index contributed by atoms with van der Waals surface area (Å²) in [7, 11) is 1.68. The van der Waals surface area contributed by atoms with Gasteiger partial charge in [0.2, 0.25) is 0 Å². The monoisotopic (exact) mass is 319 g/mol. The van der Waals surface area contributed by atoms with E-state index in [2.05, 4.69) is 17.0 Å². The van der Waals surface area contributed by atoms with E-state index >= 15 is 0 Å². The molecule has 5 nitrogen and oxygen atoms in total. The summed E-state index contributed by atoms with van der Waals surface area (Å²) in [5.41, 5.74) is 1.22. The minimum Gasteiger partial charge on any atom is -0.467 e. The minimum atomic E-state index is -0.550. The zero-order valence-corrected chi connectivity index (χ0v) is 13.6. The number of furan rings is 1. The van der Waals surface area contributed by atoms with E-state index < -0.39 is 6.10 Å². The predicted octanol–water partition coefficient (Wildman–Crippen LogP) is 2.31. The second-order valence-corrected chi connectivity index (χ2v) is 5.46. The zero-order chi connectivity index (χ0) is 16.3. The van der Waals surface area contributed by atoms with E-state index in [0.717, 1.165) is 18.8 Å². The van der Waals surface area contributed by atoms with E-state index in [1.54, 1.807) is 13.4 Å². The molecular weight excluding hydrogens is 294 g/mol. The number of ether oxygens (including phenoxy) is 2. The van der Waals surface area contributed by atoms with Gasteiger partial charge in [0.15, 0.2) is 0 Å². The van der Waals surface area contributed by atoms with Crippen LogP contribution in [0.15, 0.2) is 53.1 Å². The van der Waals surface area contributed by atoms with Gasteiger partial charge in [-0.3, -0.25) is 4.90 Å². The molecule has 0 saturated heterocycles. The molecular formula is C18H25NO4. The number of benzene rings is 1. The lowest BCUT2D eigenvalue weighted by Gasteiger charge is -2.24. The molecule has 0 aliphatic heterocycles. The van der Waals surface area contributed by atoms with Gasteiger partial charge in [0.05, 0.1) is 25.6 Å². The summed E-state index contributed by atoms with van der Waals surface area (Å²) in [6.45, 7) is 3.36. The van der Waals surface area contributed by atoms with Crippen molar-refractivity contribution in [3.8, 4) is 0 Å². The molecule has 126 valence electrons. The van der Waals surface area contributed by atoms with Crippen LogP contribution in [0, 0.1) is 0 Å². The van der Waals surface area contributed by atoms with Gasteiger partial charge in [-0.15, -0.1) is 0 Å². The normalized spacial score (nSPS) is 12.7. The Morgan fingerprint density at radius 2 is 2.00 bits per heavy atom. The van der Waals surface area contributed by atoms with Gasteiger partial charge in [0, 0.05) is 26.7 Å². The average molecular weight is 319 g/mol. The van der Waals surface area contributed by atoms with Crippen LogP contribution in [0.4, 0.5) is 0 Å². The molecule has 1 atom stereocenters. The van der Waals surface area contributed by atoms with E-state index in [9.17, 15) is 5.11 Å². The van der Waals surface area contributed by atoms with Crippen LogP contribution in [0.3, 0.4) is 0 Å². The highest BCUT2D eigenvalue weighted by molar-refractivity contribution is 5.14. The lowest BCUT2D eigenvalue weighted by molar-refractivity contribution is 0.000488. The van der Waals surface area contributed by atoms with Crippen LogP contribution in [0.2, 0.25) is 0 Å². The molecule has 0 aliphatic rings. The average Bonchev–Trinajstić information content (AvgIpc) is 3.07. The number of hydrogen-bond donors (Lipinski definition) is 1. The summed E-state index contributed by atoms with van der Waals surface area (Å²) >= 11 is 0. The van der Waals surface area contributed by atoms with Crippen molar-refractivity contribution in [2.24, 2.45) is 0 Å². The Kier molecular flexibility index (Phi) is 7.83. The maximum atomic E-state index is 10.2. The topological polar surface area (TPSA) is 55.1 Å². The van der Waals surface area contributed by atoms with E-state index in [1.165, 1.54) is 5.56 Å². The lowest BCUT2D eigenvalue weighted by atomic mass is 10.2. The Hall–Kier alpha value is -1.66. The van der Waals surface area contributed by atoms with E-state index in [0.29, 0.717) is 19.8 Å². The maximum absolute atomic E-state index is 10.2. The second-order valence-electron chi connectivity index (χ2n) is 5.46. The summed E-state index contributed by atoms with van der Waals surface area (Å²) in [5, 5.41) is 10.2. The molecule has 5 heteroatoms. The third-order valence-corrected chi connectivity index (χ3v) is 3.46. The first kappa shape index (κ1) is 17.7. The van der Waals surface area contributed by atoms with Gasteiger partial charge in [0.1, 0.15) is 12.4 Å². The summed E-state index contributed by atoms with van der Waals surface area (Å²) < 4.78 is 15.8. The van der Waals surface area contributed by atoms with Gasteiger partial charge >= 0.3 is 0 Å². The van der Waals surface area contributed by atoms with E-state index in [4.69, 9.17) is 13.9 Å². The molecule has 1 aromatic carbocycles. The van der Waals surface area contributed by atoms with Gasteiger partial charge in [-0.05, 0) is 17.7 Å². The summed E-state index contributed by atoms with van der Waals surface area (Å²) in [6, 6.07) is 13.9. The van der Waals surface area contributed by atoms with Gasteiger partial charge in [0.25, 0.3) is 0 Å². The predicted molar refractivity (Wildman–Crippen MR) is 88.0 cm³/mol. The fourth-order valence-electron chi connectivity index (χ4n) is 2.34. The molecule has 23 heavy (non-hydrogen) atoms. The van der Waals surface area contributed by atoms with E-state index in [1.807, 2.05) is 30.3 Å². The first-order valence-corrected chi connectivity index (χ1v) is 7.81. The molecule has 1 aromatic heterocycles. The van der Waals surface area contributed by atoms with Crippen LogP contribution in [0.1, 0.15) is 11.3 Å². The zero-order valence-electron chi connectivity index (χ0n) is 13.6. The number of methoxy groups -OCH3 is 1. The van der Waals surface area contributed by atoms with Crippen LogP contribution in [-0.4, -0.2) is 49.5 Å². The lowest BCUT2D eigenvalue weighted by Crippen LogP contribution is -2.36. The summed E-state index contributed by atoms with van der Waals surface area (Å²) in [5.74, 6) is 0.762. The third kappa shape index (κ3) is 6.97. The SMILES string of the molecule is COCCN(Cc1ccccc1)C[C@H](O)COCc1ccco1. The van der Waals surface area contributed by atoms with E-state index in [-0.39, 0.29) is 6.61 Å². The summed E-state index contributed by atoms with van der Waals surface area (Å²) in [4.78, 5) is 2.17. The quantitative estimate of drug-likeness (QED) is 0.689. The molecule has 2 rings (SSSR count). The van der Waals surface area contributed by atoms with Crippen LogP contribution in [-0.2, 0) is 22.6 Å². The molecule has 0 unspecified atom stereocenters. The number of hydrogen-bond acceptors (Lipinski definition) is 5. The third-order valence-electron chi connectivity index (χ3n) is 3.46. The Morgan fingerprint density at radius 3 is 2.70 bits per heavy atom. The van der Waals surface area contributed by atoms with Gasteiger partial charge in [-0.2, -0.15) is 0 Å². The Balaban J connectivity index is 1.76. The van der Waals surface area contributed by atoms with Crippen molar-refractivity contribution < 1.29 is 19.0 Å². The highest BCUT2D eigenvalue weighted by atomic mass is 16.5. The molecule has 2 aromatic rings. The maximum Gasteiger partial charge on any atom is 0.129 e. The van der Waals surface area contributed by atoms with Crippen molar-refractivity contribution in [3.63, 3.8) is 0 Å². The minimum absolute atomic E-state index is 0.277. The van der Waals surface area contributed by atoms with Crippen molar-refractivity contribution >= 4 is 0 Å². The highest BCUT2D eigenvalue weighted by Crippen LogP contribution is 2.07. The number of aliphatic hydroxyl groups excluding tert-OH is 1. The van der Waals surface area contributed by atoms with Crippen molar-refractivity contribution in [2.75, 3.05) is 33.4 Å². The van der Waals surface area contributed by atoms with Crippen LogP contribution in [0.5, 0.6) is 0 Å². The largest absolute Gasteiger partial charge is 0.467 e. The van der Waals surface area contributed by atoms with Crippen LogP contribution < -0.4 is 0 Å². The van der Waals surface area contributed by atoms with Gasteiger partial charge < -0.3 is 19.0 Å². The first-order chi connectivity index (χ1) is 11.3. The number of rotatable bonds is 11. The standard InChI is InChI=1S/C18H25NO4/c1-21-11-9-19(12-16-6-3-2-4-7-16)13-17(20)14-22-15-18-8-5-10-23-18/h2-8,10,17,20H,9,11-15H2,1H3/t17-/m0/s1. The molecule has 0 spiro atoms. The Bertz CT molecular complexity index is 515. The highest BCUT2D eigenvalue weighted by Gasteiger charge is 2.13. The second kappa shape index (κ2) is 10.2. The van der Waals surface area contributed by atoms with Crippen molar-refractivity contribution in [3.05, 3.63) is 60.1 Å². The Labute approximate surface area is 137 Å². The molecule has 0 amide bonds. The molecule has 0 fully saturated rings. The van der Waals surface area contributed by atoms with Crippen LogP contribution in [0.25, 0.3) is 0 Å². The van der Waals surface area contributed by atoms with Crippen molar-refractivity contribution in [2.45, 2.75) is 19.3 Å². The van der Waals surface area contributed by atoms with Crippen molar-refractivity contribution in [1.29, 1.82) is 0 Å². The van der Waals surface area contributed by atoms with Gasteiger partial charge in [-0.1, -0.05) is 30.3 Å². The number of nitrogens with zero attached hydrogens (tertiary/aromatic N) is 1. The first-order valence-electron chi connectivity index (χ1n) is 7.81. The van der Waals surface area contributed by atoms with Gasteiger partial charge in [-0.25, -0.2) is 0 Å². The number of aliphatic hydroxyl groups is 1. The molecule has 1 heterocycles. The Morgan fingerprint density at radius 1 is 1.17 bits per heavy atom.